The Balaban J connectivity index is 2.32. The lowest BCUT2D eigenvalue weighted by atomic mass is 10.1. The molecule has 0 saturated heterocycles. The third-order valence-electron chi connectivity index (χ3n) is 2.53. The third kappa shape index (κ3) is 2.80. The van der Waals surface area contributed by atoms with E-state index >= 15 is 0 Å². The van der Waals surface area contributed by atoms with Crippen LogP contribution in [0, 0.1) is 17.1 Å². The van der Waals surface area contributed by atoms with Crippen LogP contribution in [0.25, 0.3) is 0 Å². The summed E-state index contributed by atoms with van der Waals surface area (Å²) >= 11 is 0. The normalized spacial score (nSPS) is 11.1. The van der Waals surface area contributed by atoms with E-state index < -0.39 is 0 Å². The maximum Gasteiger partial charge on any atom is 0.123 e. The van der Waals surface area contributed by atoms with E-state index in [1.807, 2.05) is 13.0 Å². The van der Waals surface area contributed by atoms with E-state index in [2.05, 4.69) is 11.1 Å². The summed E-state index contributed by atoms with van der Waals surface area (Å²) in [4.78, 5) is 4.41. The molecule has 2 aromatic carbocycles. The van der Waals surface area contributed by atoms with Crippen molar-refractivity contribution >= 4 is 11.4 Å². The van der Waals surface area contributed by atoms with Gasteiger partial charge in [0.25, 0.3) is 0 Å². The second kappa shape index (κ2) is 5.24. The van der Waals surface area contributed by atoms with Crippen LogP contribution in [0.5, 0.6) is 0 Å². The number of hydrogen-bond donors (Lipinski definition) is 0. The van der Waals surface area contributed by atoms with Crippen molar-refractivity contribution in [1.29, 1.82) is 5.26 Å². The van der Waals surface area contributed by atoms with Crippen LogP contribution in [-0.4, -0.2) is 5.71 Å². The van der Waals surface area contributed by atoms with Gasteiger partial charge in [0.05, 0.1) is 17.3 Å². The van der Waals surface area contributed by atoms with Gasteiger partial charge in [-0.3, -0.25) is 4.99 Å². The maximum absolute atomic E-state index is 12.8. The van der Waals surface area contributed by atoms with Crippen LogP contribution < -0.4 is 0 Å². The molecule has 0 amide bonds. The summed E-state index contributed by atoms with van der Waals surface area (Å²) in [7, 11) is 0. The van der Waals surface area contributed by atoms with Crippen LogP contribution in [0.15, 0.2) is 53.5 Å². The van der Waals surface area contributed by atoms with Gasteiger partial charge in [0, 0.05) is 5.71 Å². The van der Waals surface area contributed by atoms with E-state index in [4.69, 9.17) is 5.26 Å². The Kier molecular flexibility index (Phi) is 3.49. The van der Waals surface area contributed by atoms with Gasteiger partial charge < -0.3 is 0 Å². The Hall–Kier alpha value is -2.47. The Bertz CT molecular complexity index is 622. The first-order chi connectivity index (χ1) is 8.69. The number of halogens is 1. The minimum Gasteiger partial charge on any atom is -0.253 e. The van der Waals surface area contributed by atoms with Gasteiger partial charge >= 0.3 is 0 Å². The molecule has 2 aromatic rings. The van der Waals surface area contributed by atoms with Gasteiger partial charge in [0.1, 0.15) is 5.82 Å². The second-order valence-corrected chi connectivity index (χ2v) is 3.87. The van der Waals surface area contributed by atoms with Crippen molar-refractivity contribution in [3.63, 3.8) is 0 Å². The zero-order valence-electron chi connectivity index (χ0n) is 9.89. The summed E-state index contributed by atoms with van der Waals surface area (Å²) in [5, 5.41) is 8.80. The summed E-state index contributed by atoms with van der Waals surface area (Å²) < 4.78 is 12.8. The molecule has 0 radical (unpaired) electrons. The Morgan fingerprint density at radius 2 is 1.89 bits per heavy atom. The number of hydrogen-bond acceptors (Lipinski definition) is 2. The van der Waals surface area contributed by atoms with Crippen LogP contribution in [0.3, 0.4) is 0 Å². The highest BCUT2D eigenvalue weighted by Crippen LogP contribution is 2.16. The van der Waals surface area contributed by atoms with Gasteiger partial charge in [0.15, 0.2) is 0 Å². The van der Waals surface area contributed by atoms with Gasteiger partial charge in [-0.2, -0.15) is 5.26 Å². The molecule has 0 atom stereocenters. The second-order valence-electron chi connectivity index (χ2n) is 3.87. The molecular weight excluding hydrogens is 227 g/mol. The molecule has 0 fully saturated rings. The molecule has 3 heteroatoms. The first-order valence-corrected chi connectivity index (χ1v) is 5.50. The molecule has 2 rings (SSSR count). The molecule has 0 bridgehead atoms. The van der Waals surface area contributed by atoms with E-state index in [-0.39, 0.29) is 5.82 Å². The highest BCUT2D eigenvalue weighted by atomic mass is 19.1. The molecule has 0 aliphatic carbocycles. The van der Waals surface area contributed by atoms with E-state index in [9.17, 15) is 4.39 Å². The van der Waals surface area contributed by atoms with Gasteiger partial charge in [0.2, 0.25) is 0 Å². The van der Waals surface area contributed by atoms with Crippen molar-refractivity contribution in [3.05, 3.63) is 65.5 Å². The molecule has 0 aromatic heterocycles. The Morgan fingerprint density at radius 3 is 2.56 bits per heavy atom. The Labute approximate surface area is 105 Å². The average molecular weight is 238 g/mol. The van der Waals surface area contributed by atoms with Crippen molar-refractivity contribution in [3.8, 4) is 6.07 Å². The highest BCUT2D eigenvalue weighted by Gasteiger charge is 1.99. The Morgan fingerprint density at radius 1 is 1.17 bits per heavy atom. The maximum atomic E-state index is 12.8. The standard InChI is InChI=1S/C15H11FN2/c1-11(13-5-7-14(16)8-6-13)18-15-4-2-3-12(9-15)10-17/h2-9H,1H3. The number of nitrogens with zero attached hydrogens (tertiary/aromatic N) is 2. The largest absolute Gasteiger partial charge is 0.253 e. The van der Waals surface area contributed by atoms with E-state index in [1.54, 1.807) is 30.3 Å². The molecule has 0 unspecified atom stereocenters. The highest BCUT2D eigenvalue weighted by molar-refractivity contribution is 6.00. The quantitative estimate of drug-likeness (QED) is 0.732. The summed E-state index contributed by atoms with van der Waals surface area (Å²) in [6, 6.07) is 15.3. The summed E-state index contributed by atoms with van der Waals surface area (Å²) in [5.74, 6) is -0.266. The van der Waals surface area contributed by atoms with E-state index in [0.717, 1.165) is 17.0 Å². The number of aliphatic imine (C=N–C) groups is 1. The molecule has 0 N–H and O–H groups in total. The fourth-order valence-corrected chi connectivity index (χ4v) is 1.59. The molecule has 88 valence electrons. The number of nitriles is 1. The SMILES string of the molecule is CC(=Nc1cccc(C#N)c1)c1ccc(F)cc1. The summed E-state index contributed by atoms with van der Waals surface area (Å²) in [6.07, 6.45) is 0. The van der Waals surface area contributed by atoms with E-state index in [0.29, 0.717) is 5.56 Å². The van der Waals surface area contributed by atoms with Gasteiger partial charge in [-0.25, -0.2) is 4.39 Å². The first kappa shape index (κ1) is 12.0. The number of benzene rings is 2. The summed E-state index contributed by atoms with van der Waals surface area (Å²) in [6.45, 7) is 1.85. The molecule has 0 saturated carbocycles. The minimum absolute atomic E-state index is 0.266. The van der Waals surface area contributed by atoms with Crippen LogP contribution >= 0.6 is 0 Å². The van der Waals surface area contributed by atoms with Gasteiger partial charge in [-0.05, 0) is 42.8 Å². The third-order valence-corrected chi connectivity index (χ3v) is 2.53. The van der Waals surface area contributed by atoms with Gasteiger partial charge in [-0.1, -0.05) is 18.2 Å². The predicted octanol–water partition coefficient (Wildman–Crippen LogP) is 3.84. The van der Waals surface area contributed by atoms with Crippen molar-refractivity contribution in [2.45, 2.75) is 6.92 Å². The zero-order valence-corrected chi connectivity index (χ0v) is 9.89. The van der Waals surface area contributed by atoms with Crippen LogP contribution in [0.2, 0.25) is 0 Å². The fraction of sp³-hybridized carbons (Fsp3) is 0.0667. The summed E-state index contributed by atoms with van der Waals surface area (Å²) in [5.41, 5.74) is 2.93. The molecule has 18 heavy (non-hydrogen) atoms. The van der Waals surface area contributed by atoms with Crippen LogP contribution in [-0.2, 0) is 0 Å². The van der Waals surface area contributed by atoms with Crippen molar-refractivity contribution in [2.75, 3.05) is 0 Å². The first-order valence-electron chi connectivity index (χ1n) is 5.50. The van der Waals surface area contributed by atoms with Crippen molar-refractivity contribution in [1.82, 2.24) is 0 Å². The van der Waals surface area contributed by atoms with Crippen molar-refractivity contribution < 1.29 is 4.39 Å². The van der Waals surface area contributed by atoms with Crippen molar-refractivity contribution in [2.24, 2.45) is 4.99 Å². The molecule has 0 aliphatic heterocycles. The molecule has 0 spiro atoms. The molecule has 0 aliphatic rings. The fourth-order valence-electron chi connectivity index (χ4n) is 1.59. The topological polar surface area (TPSA) is 36.1 Å². The molecule has 2 nitrogen and oxygen atoms in total. The predicted molar refractivity (Wildman–Crippen MR) is 69.4 cm³/mol. The molecule has 0 heterocycles. The lowest BCUT2D eigenvalue weighted by molar-refractivity contribution is 0.628. The zero-order chi connectivity index (χ0) is 13.0. The molecular formula is C15H11FN2. The average Bonchev–Trinajstić information content (AvgIpc) is 2.39. The van der Waals surface area contributed by atoms with E-state index in [1.165, 1.54) is 12.1 Å². The number of rotatable bonds is 2. The van der Waals surface area contributed by atoms with Crippen LogP contribution in [0.4, 0.5) is 10.1 Å². The van der Waals surface area contributed by atoms with Gasteiger partial charge in [-0.15, -0.1) is 0 Å². The lowest BCUT2D eigenvalue weighted by Gasteiger charge is -2.01. The van der Waals surface area contributed by atoms with Crippen LogP contribution in [0.1, 0.15) is 18.1 Å². The lowest BCUT2D eigenvalue weighted by Crippen LogP contribution is -1.93. The minimum atomic E-state index is -0.266. The smallest absolute Gasteiger partial charge is 0.123 e. The monoisotopic (exact) mass is 238 g/mol.